The zero-order valence-electron chi connectivity index (χ0n) is 7.05. The maximum Gasteiger partial charge on any atom is 0.153 e. The van der Waals surface area contributed by atoms with E-state index in [4.69, 9.17) is 5.73 Å². The molecule has 13 heavy (non-hydrogen) atoms. The number of carbonyl (C=O) groups excluding carboxylic acids is 1. The number of nitrogens with zero attached hydrogens (tertiary/aromatic N) is 1. The second kappa shape index (κ2) is 4.87. The quantitative estimate of drug-likeness (QED) is 0.428. The van der Waals surface area contributed by atoms with Crippen LogP contribution in [0, 0.1) is 0 Å². The molecule has 0 aliphatic carbocycles. The summed E-state index contributed by atoms with van der Waals surface area (Å²) in [4.78, 5) is 14.4. The Kier molecular flexibility index (Phi) is 3.45. The number of hydrogen-bond donors (Lipinski definition) is 1. The molecular formula is C10H10N2O. The number of carbonyl (C=O) groups is 1. The fourth-order valence-electron chi connectivity index (χ4n) is 0.776. The van der Waals surface area contributed by atoms with Gasteiger partial charge in [-0.15, -0.1) is 0 Å². The Labute approximate surface area is 76.6 Å². The van der Waals surface area contributed by atoms with Crippen LogP contribution in [-0.4, -0.2) is 12.5 Å². The zero-order valence-corrected chi connectivity index (χ0v) is 7.05. The van der Waals surface area contributed by atoms with Crippen LogP contribution in [0.2, 0.25) is 0 Å². The number of para-hydroxylation sites is 1. The Bertz CT molecular complexity index is 328. The Hall–Kier alpha value is -1.90. The summed E-state index contributed by atoms with van der Waals surface area (Å²) in [6, 6.07) is 9.34. The number of aldehydes is 1. The zero-order chi connectivity index (χ0) is 9.52. The lowest BCUT2D eigenvalue weighted by molar-refractivity contribution is -0.104. The third-order valence-corrected chi connectivity index (χ3v) is 1.45. The smallest absolute Gasteiger partial charge is 0.153 e. The summed E-state index contributed by atoms with van der Waals surface area (Å²) in [7, 11) is 0. The summed E-state index contributed by atoms with van der Waals surface area (Å²) < 4.78 is 0. The van der Waals surface area contributed by atoms with Gasteiger partial charge in [0, 0.05) is 18.0 Å². The molecule has 0 saturated carbocycles. The summed E-state index contributed by atoms with van der Waals surface area (Å²) in [6.45, 7) is 0. The maximum absolute atomic E-state index is 10.3. The molecule has 0 atom stereocenters. The summed E-state index contributed by atoms with van der Waals surface area (Å²) >= 11 is 0. The molecule has 1 aromatic carbocycles. The topological polar surface area (TPSA) is 55.5 Å². The van der Waals surface area contributed by atoms with Crippen molar-refractivity contribution in [1.29, 1.82) is 0 Å². The first-order chi connectivity index (χ1) is 6.36. The predicted octanol–water partition coefficient (Wildman–Crippen LogP) is 1.43. The average Bonchev–Trinajstić information content (AvgIpc) is 2.21. The van der Waals surface area contributed by atoms with Gasteiger partial charge in [0.25, 0.3) is 0 Å². The van der Waals surface area contributed by atoms with E-state index in [1.165, 1.54) is 12.4 Å². The Balaban J connectivity index is 2.74. The van der Waals surface area contributed by atoms with E-state index < -0.39 is 0 Å². The lowest BCUT2D eigenvalue weighted by Gasteiger charge is -1.90. The normalized spacial score (nSPS) is 11.8. The highest BCUT2D eigenvalue weighted by molar-refractivity contribution is 6.02. The number of aliphatic imine (C=N–C) groups is 1. The van der Waals surface area contributed by atoms with E-state index in [0.29, 0.717) is 11.9 Å². The van der Waals surface area contributed by atoms with Gasteiger partial charge in [0.2, 0.25) is 0 Å². The minimum Gasteiger partial charge on any atom is -0.404 e. The number of rotatable bonds is 3. The van der Waals surface area contributed by atoms with Gasteiger partial charge in [-0.05, 0) is 12.1 Å². The fraction of sp³-hybridized carbons (Fsp3) is 0. The van der Waals surface area contributed by atoms with Crippen LogP contribution in [0.15, 0.2) is 47.1 Å². The Morgan fingerprint density at radius 2 is 2.00 bits per heavy atom. The van der Waals surface area contributed by atoms with E-state index in [0.717, 1.165) is 5.69 Å². The van der Waals surface area contributed by atoms with Crippen LogP contribution in [0.1, 0.15) is 0 Å². The van der Waals surface area contributed by atoms with Gasteiger partial charge >= 0.3 is 0 Å². The van der Waals surface area contributed by atoms with Gasteiger partial charge in [0.15, 0.2) is 6.29 Å². The molecule has 0 aliphatic rings. The van der Waals surface area contributed by atoms with Gasteiger partial charge in [-0.2, -0.15) is 0 Å². The van der Waals surface area contributed by atoms with E-state index in [1.54, 1.807) is 0 Å². The van der Waals surface area contributed by atoms with E-state index in [1.807, 2.05) is 30.3 Å². The molecule has 3 nitrogen and oxygen atoms in total. The monoisotopic (exact) mass is 174 g/mol. The van der Waals surface area contributed by atoms with Crippen molar-refractivity contribution in [2.45, 2.75) is 0 Å². The molecule has 0 bridgehead atoms. The SMILES string of the molecule is N/C=C(/C=O)C=Nc1ccccc1. The molecule has 0 aromatic heterocycles. The van der Waals surface area contributed by atoms with E-state index in [-0.39, 0.29) is 0 Å². The van der Waals surface area contributed by atoms with Gasteiger partial charge in [-0.1, -0.05) is 18.2 Å². The molecule has 1 rings (SSSR count). The summed E-state index contributed by atoms with van der Waals surface area (Å²) in [5.74, 6) is 0. The molecule has 0 heterocycles. The molecule has 66 valence electrons. The molecule has 0 radical (unpaired) electrons. The Morgan fingerprint density at radius 1 is 1.31 bits per heavy atom. The largest absolute Gasteiger partial charge is 0.404 e. The van der Waals surface area contributed by atoms with Crippen LogP contribution in [0.25, 0.3) is 0 Å². The minimum atomic E-state index is 0.365. The third kappa shape index (κ3) is 2.91. The van der Waals surface area contributed by atoms with Gasteiger partial charge in [0.1, 0.15) is 0 Å². The van der Waals surface area contributed by atoms with Crippen LogP contribution < -0.4 is 5.73 Å². The number of allylic oxidation sites excluding steroid dienone is 1. The average molecular weight is 174 g/mol. The first kappa shape index (κ1) is 9.19. The highest BCUT2D eigenvalue weighted by Crippen LogP contribution is 2.08. The predicted molar refractivity (Wildman–Crippen MR) is 52.9 cm³/mol. The lowest BCUT2D eigenvalue weighted by atomic mass is 10.3. The highest BCUT2D eigenvalue weighted by atomic mass is 16.1. The molecule has 0 spiro atoms. The summed E-state index contributed by atoms with van der Waals surface area (Å²) in [5.41, 5.74) is 6.32. The van der Waals surface area contributed by atoms with Crippen LogP contribution in [0.3, 0.4) is 0 Å². The van der Waals surface area contributed by atoms with Crippen molar-refractivity contribution in [2.75, 3.05) is 0 Å². The lowest BCUT2D eigenvalue weighted by Crippen LogP contribution is -1.91. The van der Waals surface area contributed by atoms with Crippen molar-refractivity contribution in [3.8, 4) is 0 Å². The molecule has 2 N–H and O–H groups in total. The molecule has 0 saturated heterocycles. The molecule has 0 aliphatic heterocycles. The van der Waals surface area contributed by atoms with Crippen LogP contribution in [-0.2, 0) is 4.79 Å². The molecule has 1 aromatic rings. The van der Waals surface area contributed by atoms with Crippen LogP contribution in [0.5, 0.6) is 0 Å². The van der Waals surface area contributed by atoms with Gasteiger partial charge in [-0.3, -0.25) is 9.79 Å². The number of benzene rings is 1. The maximum atomic E-state index is 10.3. The number of hydrogen-bond acceptors (Lipinski definition) is 3. The van der Waals surface area contributed by atoms with Crippen LogP contribution in [0.4, 0.5) is 5.69 Å². The molecule has 0 amide bonds. The number of nitrogens with two attached hydrogens (primary N) is 1. The highest BCUT2D eigenvalue weighted by Gasteiger charge is 1.87. The van der Waals surface area contributed by atoms with Crippen molar-refractivity contribution in [3.63, 3.8) is 0 Å². The van der Waals surface area contributed by atoms with Crippen molar-refractivity contribution < 1.29 is 4.79 Å². The van der Waals surface area contributed by atoms with E-state index in [2.05, 4.69) is 4.99 Å². The molecule has 0 unspecified atom stereocenters. The fourth-order valence-corrected chi connectivity index (χ4v) is 0.776. The van der Waals surface area contributed by atoms with Gasteiger partial charge in [0.05, 0.1) is 5.69 Å². The molecular weight excluding hydrogens is 164 g/mol. The third-order valence-electron chi connectivity index (χ3n) is 1.45. The van der Waals surface area contributed by atoms with Crippen LogP contribution >= 0.6 is 0 Å². The van der Waals surface area contributed by atoms with Crippen molar-refractivity contribution in [3.05, 3.63) is 42.1 Å². The van der Waals surface area contributed by atoms with Gasteiger partial charge < -0.3 is 5.73 Å². The molecule has 0 fully saturated rings. The van der Waals surface area contributed by atoms with Crippen molar-refractivity contribution >= 4 is 18.2 Å². The second-order valence-corrected chi connectivity index (χ2v) is 2.38. The van der Waals surface area contributed by atoms with Crippen molar-refractivity contribution in [2.24, 2.45) is 10.7 Å². The van der Waals surface area contributed by atoms with Crippen molar-refractivity contribution in [1.82, 2.24) is 0 Å². The van der Waals surface area contributed by atoms with Gasteiger partial charge in [-0.25, -0.2) is 0 Å². The summed E-state index contributed by atoms with van der Waals surface area (Å²) in [6.07, 6.45) is 3.31. The first-order valence-corrected chi connectivity index (χ1v) is 3.83. The minimum absolute atomic E-state index is 0.365. The Morgan fingerprint density at radius 3 is 2.54 bits per heavy atom. The van der Waals surface area contributed by atoms with E-state index >= 15 is 0 Å². The van der Waals surface area contributed by atoms with E-state index in [9.17, 15) is 4.79 Å². The molecule has 3 heteroatoms. The second-order valence-electron chi connectivity index (χ2n) is 2.38. The standard InChI is InChI=1S/C10H10N2O/c11-6-9(8-13)7-12-10-4-2-1-3-5-10/h1-8H,11H2/b9-6+,12-7?. The summed E-state index contributed by atoms with van der Waals surface area (Å²) in [5, 5.41) is 0. The first-order valence-electron chi connectivity index (χ1n) is 3.83.